The van der Waals surface area contributed by atoms with Crippen LogP contribution in [0.5, 0.6) is 5.75 Å². The first-order chi connectivity index (χ1) is 33.0. The molecule has 2 aromatic rings. The predicted octanol–water partition coefficient (Wildman–Crippen LogP) is 6.65. The van der Waals surface area contributed by atoms with E-state index in [-0.39, 0.29) is 107 Å². The van der Waals surface area contributed by atoms with Gasteiger partial charge >= 0.3 is 17.9 Å². The van der Waals surface area contributed by atoms with Gasteiger partial charge < -0.3 is 49.8 Å². The first-order valence-electron chi connectivity index (χ1n) is 23.4. The Balaban J connectivity index is 1.58. The monoisotopic (exact) mass is 1030 g/mol. The molecule has 0 fully saturated rings. The SMILES string of the molecule is CCOC(CCOCCNC(=O)COCCOCCNC(=O)CC[C@H](NC(=O)CCCCCCCCCCCCCCC(=O)O)C(=O)O)(C(=O)Oc1c(Cl)cc(Cl)cc1S(=O)(=O)O)c1ccccc1. The third-order valence-electron chi connectivity index (χ3n) is 10.6. The van der Waals surface area contributed by atoms with Crippen LogP contribution in [0.1, 0.15) is 122 Å². The molecule has 388 valence electrons. The van der Waals surface area contributed by atoms with E-state index in [1.807, 2.05) is 0 Å². The number of aliphatic carboxylic acids is 2. The highest BCUT2D eigenvalue weighted by molar-refractivity contribution is 7.86. The van der Waals surface area contributed by atoms with Crippen LogP contribution in [0, 0.1) is 0 Å². The van der Waals surface area contributed by atoms with Crippen LogP contribution >= 0.6 is 23.2 Å². The molecule has 0 aliphatic carbocycles. The van der Waals surface area contributed by atoms with E-state index >= 15 is 0 Å². The molecule has 22 heteroatoms. The quantitative estimate of drug-likeness (QED) is 0.0176. The highest BCUT2D eigenvalue weighted by Crippen LogP contribution is 2.39. The molecule has 0 radical (unpaired) electrons. The first kappa shape index (κ1) is 60.7. The number of unbranched alkanes of at least 4 members (excludes halogenated alkanes) is 11. The number of esters is 1. The van der Waals surface area contributed by atoms with Crippen molar-refractivity contribution in [3.05, 3.63) is 58.1 Å². The minimum Gasteiger partial charge on any atom is -0.481 e. The van der Waals surface area contributed by atoms with Crippen LogP contribution in [-0.4, -0.2) is 124 Å². The van der Waals surface area contributed by atoms with Gasteiger partial charge in [0.25, 0.3) is 10.1 Å². The molecule has 0 heterocycles. The number of carboxylic acids is 2. The van der Waals surface area contributed by atoms with Crippen molar-refractivity contribution in [3.63, 3.8) is 0 Å². The molecule has 0 aromatic heterocycles. The van der Waals surface area contributed by atoms with Gasteiger partial charge in [0, 0.05) is 50.4 Å². The summed E-state index contributed by atoms with van der Waals surface area (Å²) in [5, 5.41) is 25.5. The van der Waals surface area contributed by atoms with Gasteiger partial charge in [-0.05, 0) is 43.9 Å². The molecule has 2 rings (SSSR count). The van der Waals surface area contributed by atoms with Gasteiger partial charge in [0.15, 0.2) is 11.4 Å². The van der Waals surface area contributed by atoms with Crippen molar-refractivity contribution in [1.82, 2.24) is 16.0 Å². The van der Waals surface area contributed by atoms with E-state index in [1.54, 1.807) is 37.3 Å². The maximum Gasteiger partial charge on any atom is 0.348 e. The van der Waals surface area contributed by atoms with Gasteiger partial charge in [0.1, 0.15) is 17.5 Å². The molecule has 19 nitrogen and oxygen atoms in total. The fourth-order valence-electron chi connectivity index (χ4n) is 7.03. The lowest BCUT2D eigenvalue weighted by molar-refractivity contribution is -0.167. The Bertz CT molecular complexity index is 2000. The van der Waals surface area contributed by atoms with Gasteiger partial charge in [-0.15, -0.1) is 0 Å². The van der Waals surface area contributed by atoms with Crippen molar-refractivity contribution in [2.75, 3.05) is 59.3 Å². The number of benzene rings is 2. The number of hydrogen-bond acceptors (Lipinski definition) is 13. The number of rotatable bonds is 40. The third kappa shape index (κ3) is 25.9. The molecule has 3 amide bonds. The van der Waals surface area contributed by atoms with Crippen molar-refractivity contribution >= 4 is 68.9 Å². The minimum absolute atomic E-state index is 0.0359. The number of amides is 3. The lowest BCUT2D eigenvalue weighted by Crippen LogP contribution is -2.43. The van der Waals surface area contributed by atoms with Crippen molar-refractivity contribution in [1.29, 1.82) is 0 Å². The zero-order chi connectivity index (χ0) is 50.9. The Labute approximate surface area is 414 Å². The number of ether oxygens (including phenoxy) is 5. The first-order valence-corrected chi connectivity index (χ1v) is 25.6. The Morgan fingerprint density at radius 3 is 1.80 bits per heavy atom. The van der Waals surface area contributed by atoms with Crippen molar-refractivity contribution in [2.45, 2.75) is 133 Å². The van der Waals surface area contributed by atoms with E-state index in [1.165, 1.54) is 0 Å². The molecule has 0 saturated heterocycles. The van der Waals surface area contributed by atoms with Crippen LogP contribution in [0.2, 0.25) is 10.0 Å². The normalized spacial score (nSPS) is 12.7. The van der Waals surface area contributed by atoms with Gasteiger partial charge in [0.2, 0.25) is 17.7 Å². The Kier molecular flexibility index (Phi) is 30.6. The average Bonchev–Trinajstić information content (AvgIpc) is 3.29. The number of nitrogens with one attached hydrogen (secondary N) is 3. The number of carbonyl (C=O) groups is 6. The molecule has 0 spiro atoms. The van der Waals surface area contributed by atoms with E-state index in [4.69, 9.17) is 52.0 Å². The highest BCUT2D eigenvalue weighted by atomic mass is 35.5. The van der Waals surface area contributed by atoms with E-state index in [2.05, 4.69) is 16.0 Å². The number of halogens is 2. The Morgan fingerprint density at radius 1 is 0.681 bits per heavy atom. The lowest BCUT2D eigenvalue weighted by Gasteiger charge is -2.32. The summed E-state index contributed by atoms with van der Waals surface area (Å²) in [7, 11) is -4.91. The summed E-state index contributed by atoms with van der Waals surface area (Å²) >= 11 is 12.1. The topological polar surface area (TPSA) is 279 Å². The van der Waals surface area contributed by atoms with Crippen LogP contribution in [0.15, 0.2) is 47.4 Å². The highest BCUT2D eigenvalue weighted by Gasteiger charge is 2.44. The maximum absolute atomic E-state index is 13.8. The molecule has 69 heavy (non-hydrogen) atoms. The van der Waals surface area contributed by atoms with Crippen LogP contribution in [-0.2, 0) is 63.4 Å². The second kappa shape index (κ2) is 34.8. The predicted molar refractivity (Wildman–Crippen MR) is 256 cm³/mol. The number of carbonyl (C=O) groups excluding carboxylic acids is 4. The number of hydrogen-bond donors (Lipinski definition) is 6. The third-order valence-corrected chi connectivity index (χ3v) is 11.9. The van der Waals surface area contributed by atoms with Gasteiger partial charge in [-0.25, -0.2) is 9.59 Å². The summed E-state index contributed by atoms with van der Waals surface area (Å²) in [6.45, 7) is 2.00. The van der Waals surface area contributed by atoms with Crippen LogP contribution < -0.4 is 20.7 Å². The Hall–Kier alpha value is -4.41. The molecule has 0 aliphatic rings. The standard InChI is InChI=1S/C47H69Cl2N3O16S/c1-2-67-47(35-18-14-13-15-19-35,46(60)68-44-37(49)32-36(48)33-39(44)69(61,62)63)24-27-64-28-26-51-42(55)34-66-31-30-65-29-25-50-40(53)23-22-38(45(58)59)52-41(54)20-16-11-9-7-5-3-4-6-8-10-12-17-21-43(56)57/h13-15,18-19,32-33,38H,2-12,16-17,20-31,34H2,1H3,(H,50,53)(H,51,55)(H,52,54)(H,56,57)(H,58,59)(H,61,62,63)/t38-,47?/m0/s1. The summed E-state index contributed by atoms with van der Waals surface area (Å²) in [6, 6.07) is 9.16. The summed E-state index contributed by atoms with van der Waals surface area (Å²) in [5.74, 6) is -4.81. The number of carboxylic acid groups (broad SMARTS) is 2. The van der Waals surface area contributed by atoms with E-state index in [9.17, 15) is 46.8 Å². The fourth-order valence-corrected chi connectivity index (χ4v) is 8.35. The Morgan fingerprint density at radius 2 is 1.23 bits per heavy atom. The van der Waals surface area contributed by atoms with Crippen LogP contribution in [0.3, 0.4) is 0 Å². The van der Waals surface area contributed by atoms with Gasteiger partial charge in [-0.2, -0.15) is 8.42 Å². The van der Waals surface area contributed by atoms with Crippen LogP contribution in [0.25, 0.3) is 0 Å². The molecular formula is C47H69Cl2N3O16S. The van der Waals surface area contributed by atoms with E-state index in [0.717, 1.165) is 82.8 Å². The average molecular weight is 1040 g/mol. The smallest absolute Gasteiger partial charge is 0.348 e. The van der Waals surface area contributed by atoms with Crippen molar-refractivity contribution in [3.8, 4) is 5.75 Å². The lowest BCUT2D eigenvalue weighted by atomic mass is 9.90. The molecule has 2 aromatic carbocycles. The van der Waals surface area contributed by atoms with Crippen molar-refractivity contribution < 1.29 is 75.6 Å². The maximum atomic E-state index is 13.8. The molecule has 2 atom stereocenters. The molecule has 1 unspecified atom stereocenters. The second-order valence-corrected chi connectivity index (χ2v) is 18.3. The molecule has 0 bridgehead atoms. The van der Waals surface area contributed by atoms with Crippen LogP contribution in [0.4, 0.5) is 0 Å². The minimum atomic E-state index is -4.91. The van der Waals surface area contributed by atoms with E-state index in [0.29, 0.717) is 12.0 Å². The van der Waals surface area contributed by atoms with Gasteiger partial charge in [-0.1, -0.05) is 118 Å². The molecule has 0 aliphatic heterocycles. The summed E-state index contributed by atoms with van der Waals surface area (Å²) in [4.78, 5) is 72.2. The molecular weight excluding hydrogens is 965 g/mol. The fraction of sp³-hybridized carbons (Fsp3) is 0.617. The summed E-state index contributed by atoms with van der Waals surface area (Å²) in [5.41, 5.74) is -1.43. The van der Waals surface area contributed by atoms with E-state index < -0.39 is 62.1 Å². The molecule has 6 N–H and O–H groups in total. The summed E-state index contributed by atoms with van der Waals surface area (Å²) in [6.07, 6.45) is 12.3. The second-order valence-electron chi connectivity index (χ2n) is 16.1. The zero-order valence-corrected chi connectivity index (χ0v) is 41.6. The molecule has 0 saturated carbocycles. The largest absolute Gasteiger partial charge is 0.481 e. The van der Waals surface area contributed by atoms with Gasteiger partial charge in [-0.3, -0.25) is 23.7 Å². The van der Waals surface area contributed by atoms with Gasteiger partial charge in [0.05, 0.1) is 38.1 Å². The van der Waals surface area contributed by atoms with Crippen molar-refractivity contribution in [2.24, 2.45) is 0 Å². The zero-order valence-electron chi connectivity index (χ0n) is 39.3. The summed E-state index contributed by atoms with van der Waals surface area (Å²) < 4.78 is 61.9.